The third-order valence-electron chi connectivity index (χ3n) is 3.68. The Kier molecular flexibility index (Phi) is 6.11. The van der Waals surface area contributed by atoms with E-state index < -0.39 is 0 Å². The third kappa shape index (κ3) is 5.26. The summed E-state index contributed by atoms with van der Waals surface area (Å²) in [7, 11) is 0. The molecule has 3 aromatic rings. The molecule has 0 saturated heterocycles. The lowest BCUT2D eigenvalue weighted by molar-refractivity contribution is 0.0945. The van der Waals surface area contributed by atoms with Crippen LogP contribution < -0.4 is 10.6 Å². The lowest BCUT2D eigenvalue weighted by atomic mass is 10.1. The van der Waals surface area contributed by atoms with E-state index in [1.807, 2.05) is 36.4 Å². The first-order valence-electron chi connectivity index (χ1n) is 8.18. The number of nitrogens with one attached hydrogen (secondary N) is 2. The second-order valence-electron chi connectivity index (χ2n) is 5.64. The molecule has 1 aromatic carbocycles. The molecule has 0 spiro atoms. The molecule has 26 heavy (non-hydrogen) atoms. The second kappa shape index (κ2) is 8.92. The zero-order chi connectivity index (χ0) is 18.2. The molecule has 0 saturated carbocycles. The SMILES string of the molecule is O=C(NCc1cccnc1)c1cc(NCCc2cccc(Cl)c2)ncn1. The van der Waals surface area contributed by atoms with E-state index in [0.717, 1.165) is 22.6 Å². The molecule has 2 heterocycles. The summed E-state index contributed by atoms with van der Waals surface area (Å²) in [6, 6.07) is 13.1. The maximum Gasteiger partial charge on any atom is 0.270 e. The smallest absolute Gasteiger partial charge is 0.270 e. The zero-order valence-corrected chi connectivity index (χ0v) is 14.8. The lowest BCUT2D eigenvalue weighted by Gasteiger charge is -2.08. The van der Waals surface area contributed by atoms with E-state index in [-0.39, 0.29) is 5.91 Å². The number of amides is 1. The lowest BCUT2D eigenvalue weighted by Crippen LogP contribution is -2.24. The fourth-order valence-corrected chi connectivity index (χ4v) is 2.59. The molecule has 0 bridgehead atoms. The van der Waals surface area contributed by atoms with E-state index >= 15 is 0 Å². The van der Waals surface area contributed by atoms with Gasteiger partial charge in [-0.25, -0.2) is 9.97 Å². The summed E-state index contributed by atoms with van der Waals surface area (Å²) in [5, 5.41) is 6.74. The molecule has 0 unspecified atom stereocenters. The van der Waals surface area contributed by atoms with Crippen molar-refractivity contribution in [2.45, 2.75) is 13.0 Å². The Labute approximate surface area is 156 Å². The number of carbonyl (C=O) groups is 1. The highest BCUT2D eigenvalue weighted by Gasteiger charge is 2.08. The molecule has 0 aliphatic rings. The molecule has 0 aliphatic carbocycles. The summed E-state index contributed by atoms with van der Waals surface area (Å²) in [6.45, 7) is 1.07. The Bertz CT molecular complexity index is 873. The monoisotopic (exact) mass is 367 g/mol. The largest absolute Gasteiger partial charge is 0.370 e. The predicted octanol–water partition coefficient (Wildman–Crippen LogP) is 3.11. The number of rotatable bonds is 7. The normalized spacial score (nSPS) is 10.3. The zero-order valence-electron chi connectivity index (χ0n) is 14.0. The van der Waals surface area contributed by atoms with Crippen LogP contribution in [0.25, 0.3) is 0 Å². The van der Waals surface area contributed by atoms with Crippen molar-refractivity contribution < 1.29 is 4.79 Å². The fraction of sp³-hybridized carbons (Fsp3) is 0.158. The van der Waals surface area contributed by atoms with Crippen molar-refractivity contribution in [1.29, 1.82) is 0 Å². The number of pyridine rings is 1. The molecule has 1 amide bonds. The number of benzene rings is 1. The Morgan fingerprint density at radius 3 is 2.77 bits per heavy atom. The van der Waals surface area contributed by atoms with E-state index in [1.165, 1.54) is 6.33 Å². The highest BCUT2D eigenvalue weighted by molar-refractivity contribution is 6.30. The van der Waals surface area contributed by atoms with Gasteiger partial charge in [0.25, 0.3) is 5.91 Å². The van der Waals surface area contributed by atoms with Crippen molar-refractivity contribution in [2.24, 2.45) is 0 Å². The van der Waals surface area contributed by atoms with Gasteiger partial charge in [0.1, 0.15) is 17.8 Å². The molecule has 3 rings (SSSR count). The van der Waals surface area contributed by atoms with Crippen LogP contribution in [-0.2, 0) is 13.0 Å². The van der Waals surface area contributed by atoms with Crippen molar-refractivity contribution in [2.75, 3.05) is 11.9 Å². The standard InChI is InChI=1S/C19H18ClN5O/c20-16-5-1-3-14(9-16)6-8-22-18-10-17(24-13-25-18)19(26)23-12-15-4-2-7-21-11-15/h1-5,7,9-11,13H,6,8,12H2,(H,23,26)(H,22,24,25). The topological polar surface area (TPSA) is 79.8 Å². The molecule has 2 aromatic heterocycles. The number of halogens is 1. The van der Waals surface area contributed by atoms with Gasteiger partial charge in [-0.15, -0.1) is 0 Å². The molecule has 132 valence electrons. The van der Waals surface area contributed by atoms with Crippen LogP contribution in [0.4, 0.5) is 5.82 Å². The molecule has 6 nitrogen and oxygen atoms in total. The first-order chi connectivity index (χ1) is 12.7. The molecular weight excluding hydrogens is 350 g/mol. The minimum atomic E-state index is -0.255. The summed E-state index contributed by atoms with van der Waals surface area (Å²) in [5.74, 6) is 0.350. The fourth-order valence-electron chi connectivity index (χ4n) is 2.38. The highest BCUT2D eigenvalue weighted by atomic mass is 35.5. The number of aromatic nitrogens is 3. The molecule has 0 atom stereocenters. The summed E-state index contributed by atoms with van der Waals surface area (Å²) in [6.07, 6.45) is 5.58. The molecule has 7 heteroatoms. The van der Waals surface area contributed by atoms with Gasteiger partial charge in [-0.1, -0.05) is 29.8 Å². The van der Waals surface area contributed by atoms with Gasteiger partial charge >= 0.3 is 0 Å². The van der Waals surface area contributed by atoms with Crippen molar-refractivity contribution in [3.8, 4) is 0 Å². The minimum Gasteiger partial charge on any atom is -0.370 e. The van der Waals surface area contributed by atoms with E-state index in [9.17, 15) is 4.79 Å². The number of anilines is 1. The number of hydrogen-bond acceptors (Lipinski definition) is 5. The van der Waals surface area contributed by atoms with Crippen LogP contribution >= 0.6 is 11.6 Å². The first-order valence-corrected chi connectivity index (χ1v) is 8.56. The second-order valence-corrected chi connectivity index (χ2v) is 6.08. The van der Waals surface area contributed by atoms with Gasteiger partial charge in [0.05, 0.1) is 0 Å². The number of hydrogen-bond donors (Lipinski definition) is 2. The summed E-state index contributed by atoms with van der Waals surface area (Å²) in [4.78, 5) is 24.4. The van der Waals surface area contributed by atoms with Crippen LogP contribution in [0.5, 0.6) is 0 Å². The van der Waals surface area contributed by atoms with E-state index in [0.29, 0.717) is 24.6 Å². The van der Waals surface area contributed by atoms with Crippen molar-refractivity contribution in [3.63, 3.8) is 0 Å². The average molecular weight is 368 g/mol. The number of carbonyl (C=O) groups excluding carboxylic acids is 1. The summed E-state index contributed by atoms with van der Waals surface area (Å²) < 4.78 is 0. The molecule has 2 N–H and O–H groups in total. The maximum absolute atomic E-state index is 12.2. The van der Waals surface area contributed by atoms with Crippen LogP contribution in [0.2, 0.25) is 5.02 Å². The highest BCUT2D eigenvalue weighted by Crippen LogP contribution is 2.11. The average Bonchev–Trinajstić information content (AvgIpc) is 2.67. The molecule has 0 aliphatic heterocycles. The Hall–Kier alpha value is -2.99. The quantitative estimate of drug-likeness (QED) is 0.670. The van der Waals surface area contributed by atoms with Gasteiger partial charge in [-0.05, 0) is 35.7 Å². The van der Waals surface area contributed by atoms with Gasteiger partial charge in [-0.2, -0.15) is 0 Å². The van der Waals surface area contributed by atoms with E-state index in [1.54, 1.807) is 18.5 Å². The summed E-state index contributed by atoms with van der Waals surface area (Å²) in [5.41, 5.74) is 2.37. The predicted molar refractivity (Wildman–Crippen MR) is 101 cm³/mol. The third-order valence-corrected chi connectivity index (χ3v) is 3.92. The molecule has 0 radical (unpaired) electrons. The van der Waals surface area contributed by atoms with Gasteiger partial charge in [0.2, 0.25) is 0 Å². The van der Waals surface area contributed by atoms with E-state index in [4.69, 9.17) is 11.6 Å². The Morgan fingerprint density at radius 2 is 1.96 bits per heavy atom. The van der Waals surface area contributed by atoms with Crippen LogP contribution in [0, 0.1) is 0 Å². The minimum absolute atomic E-state index is 0.255. The number of nitrogens with zero attached hydrogens (tertiary/aromatic N) is 3. The van der Waals surface area contributed by atoms with Crippen molar-refractivity contribution in [1.82, 2.24) is 20.3 Å². The molecular formula is C19H18ClN5O. The Morgan fingerprint density at radius 1 is 1.08 bits per heavy atom. The van der Waals surface area contributed by atoms with Gasteiger partial charge < -0.3 is 10.6 Å². The maximum atomic E-state index is 12.2. The van der Waals surface area contributed by atoms with Crippen LogP contribution in [0.15, 0.2) is 61.2 Å². The van der Waals surface area contributed by atoms with Crippen LogP contribution in [0.3, 0.4) is 0 Å². The van der Waals surface area contributed by atoms with Crippen molar-refractivity contribution >= 4 is 23.3 Å². The molecule has 0 fully saturated rings. The van der Waals surface area contributed by atoms with Gasteiger partial charge in [-0.3, -0.25) is 9.78 Å². The van der Waals surface area contributed by atoms with Gasteiger partial charge in [0.15, 0.2) is 0 Å². The van der Waals surface area contributed by atoms with E-state index in [2.05, 4.69) is 25.6 Å². The van der Waals surface area contributed by atoms with Crippen molar-refractivity contribution in [3.05, 3.63) is 83.0 Å². The summed E-state index contributed by atoms with van der Waals surface area (Å²) >= 11 is 5.98. The van der Waals surface area contributed by atoms with Gasteiger partial charge in [0, 0.05) is 36.6 Å². The van der Waals surface area contributed by atoms with Crippen LogP contribution in [0.1, 0.15) is 21.6 Å². The first kappa shape index (κ1) is 17.8. The Balaban J connectivity index is 1.53. The van der Waals surface area contributed by atoms with Crippen LogP contribution in [-0.4, -0.2) is 27.4 Å².